The highest BCUT2D eigenvalue weighted by atomic mass is 19.4. The number of hydrogen-bond acceptors (Lipinski definition) is 6. The van der Waals surface area contributed by atoms with E-state index < -0.39 is 17.6 Å². The summed E-state index contributed by atoms with van der Waals surface area (Å²) in [6.45, 7) is 0.986. The molecule has 180 valence electrons. The van der Waals surface area contributed by atoms with E-state index in [1.807, 2.05) is 10.6 Å². The Morgan fingerprint density at radius 2 is 1.91 bits per heavy atom. The van der Waals surface area contributed by atoms with Crippen LogP contribution in [0.5, 0.6) is 0 Å². The number of carbonyl (C=O) groups excluding carboxylic acids is 1. The first-order chi connectivity index (χ1) is 16.7. The van der Waals surface area contributed by atoms with E-state index in [1.54, 1.807) is 30.5 Å². The molecule has 11 heteroatoms. The van der Waals surface area contributed by atoms with Gasteiger partial charge in [0, 0.05) is 29.7 Å². The first-order valence-electron chi connectivity index (χ1n) is 11.0. The zero-order valence-corrected chi connectivity index (χ0v) is 18.8. The molecule has 1 aromatic carbocycles. The van der Waals surface area contributed by atoms with Gasteiger partial charge in [0.05, 0.1) is 11.6 Å². The molecule has 0 aliphatic carbocycles. The molecule has 4 heterocycles. The van der Waals surface area contributed by atoms with Gasteiger partial charge in [-0.25, -0.2) is 15.0 Å². The number of imidazole rings is 1. The fourth-order valence-electron chi connectivity index (χ4n) is 4.40. The predicted molar refractivity (Wildman–Crippen MR) is 125 cm³/mol. The van der Waals surface area contributed by atoms with E-state index >= 15 is 0 Å². The Labute approximate surface area is 198 Å². The predicted octanol–water partition coefficient (Wildman–Crippen LogP) is 4.41. The van der Waals surface area contributed by atoms with Crippen LogP contribution in [0, 0.1) is 0 Å². The number of nitrogens with one attached hydrogen (secondary N) is 1. The number of alkyl halides is 3. The number of anilines is 2. The molecule has 5 rings (SSSR count). The number of hydrogen-bond donors (Lipinski definition) is 2. The number of nitrogens with two attached hydrogens (primary N) is 1. The average molecular weight is 481 g/mol. The highest BCUT2D eigenvalue weighted by molar-refractivity contribution is 6.04. The van der Waals surface area contributed by atoms with Crippen LogP contribution in [0.2, 0.25) is 0 Å². The molecule has 0 radical (unpaired) electrons. The minimum Gasteiger partial charge on any atom is -0.382 e. The molecule has 3 aromatic heterocycles. The SMILES string of the molecule is CN1CCCC1c1nc(-c2ccc(C(=O)Nc3cc(C(F)(F)F)ccn3)cc2)c2c(N)nccn12. The summed E-state index contributed by atoms with van der Waals surface area (Å²) in [7, 11) is 2.07. The topological polar surface area (TPSA) is 101 Å². The number of amides is 1. The standard InChI is InChI=1S/C24H22F3N7O/c1-33-11-2-3-17(33)22-32-19(20-21(28)30-10-12-34(20)22)14-4-6-15(7-5-14)23(35)31-18-13-16(8-9-29-18)24(25,26)27/h4-10,12-13,17H,2-3,11H2,1H3,(H2,28,30)(H,29,31,35). The summed E-state index contributed by atoms with van der Waals surface area (Å²) >= 11 is 0. The van der Waals surface area contributed by atoms with Crippen molar-refractivity contribution in [2.24, 2.45) is 0 Å². The van der Waals surface area contributed by atoms with E-state index in [0.717, 1.165) is 49.1 Å². The Morgan fingerprint density at radius 1 is 1.14 bits per heavy atom. The van der Waals surface area contributed by atoms with E-state index in [-0.39, 0.29) is 17.4 Å². The summed E-state index contributed by atoms with van der Waals surface area (Å²) in [5.74, 6) is 0.464. The molecule has 1 amide bonds. The first-order valence-corrected chi connectivity index (χ1v) is 11.0. The lowest BCUT2D eigenvalue weighted by Crippen LogP contribution is -2.19. The van der Waals surface area contributed by atoms with E-state index in [4.69, 9.17) is 10.7 Å². The summed E-state index contributed by atoms with van der Waals surface area (Å²) < 4.78 is 40.8. The van der Waals surface area contributed by atoms with Gasteiger partial charge in [0.25, 0.3) is 5.91 Å². The van der Waals surface area contributed by atoms with Crippen LogP contribution < -0.4 is 11.1 Å². The van der Waals surface area contributed by atoms with Crippen molar-refractivity contribution < 1.29 is 18.0 Å². The third kappa shape index (κ3) is 4.30. The van der Waals surface area contributed by atoms with Crippen LogP contribution in [0.1, 0.15) is 40.6 Å². The second kappa shape index (κ2) is 8.66. The van der Waals surface area contributed by atoms with Gasteiger partial charge in [-0.05, 0) is 50.7 Å². The average Bonchev–Trinajstić information content (AvgIpc) is 3.43. The van der Waals surface area contributed by atoms with Crippen LogP contribution in [0.25, 0.3) is 16.8 Å². The van der Waals surface area contributed by atoms with Gasteiger partial charge in [-0.2, -0.15) is 13.2 Å². The molecule has 3 N–H and O–H groups in total. The highest BCUT2D eigenvalue weighted by Crippen LogP contribution is 2.35. The number of rotatable bonds is 4. The lowest BCUT2D eigenvalue weighted by Gasteiger charge is -2.18. The Morgan fingerprint density at radius 3 is 2.60 bits per heavy atom. The van der Waals surface area contributed by atoms with Crippen LogP contribution in [0.3, 0.4) is 0 Å². The first kappa shape index (κ1) is 22.8. The van der Waals surface area contributed by atoms with Crippen molar-refractivity contribution in [3.63, 3.8) is 0 Å². The molecule has 0 bridgehead atoms. The van der Waals surface area contributed by atoms with Crippen molar-refractivity contribution in [1.82, 2.24) is 24.3 Å². The number of carbonyl (C=O) groups is 1. The smallest absolute Gasteiger partial charge is 0.382 e. The number of fused-ring (bicyclic) bond motifs is 1. The monoisotopic (exact) mass is 481 g/mol. The molecule has 1 fully saturated rings. The molecular weight excluding hydrogens is 459 g/mol. The van der Waals surface area contributed by atoms with E-state index in [0.29, 0.717) is 17.0 Å². The minimum atomic E-state index is -4.53. The van der Waals surface area contributed by atoms with Gasteiger partial charge in [0.2, 0.25) is 0 Å². The Hall–Kier alpha value is -3.99. The Balaban J connectivity index is 1.44. The van der Waals surface area contributed by atoms with Gasteiger partial charge in [-0.3, -0.25) is 14.1 Å². The summed E-state index contributed by atoms with van der Waals surface area (Å²) in [5, 5.41) is 2.41. The normalized spacial score (nSPS) is 16.6. The van der Waals surface area contributed by atoms with Crippen LogP contribution in [0.15, 0.2) is 55.0 Å². The van der Waals surface area contributed by atoms with Crippen molar-refractivity contribution in [3.05, 3.63) is 71.9 Å². The molecule has 35 heavy (non-hydrogen) atoms. The van der Waals surface area contributed by atoms with Crippen molar-refractivity contribution in [1.29, 1.82) is 0 Å². The zero-order chi connectivity index (χ0) is 24.7. The van der Waals surface area contributed by atoms with E-state index in [9.17, 15) is 18.0 Å². The lowest BCUT2D eigenvalue weighted by atomic mass is 10.1. The Kier molecular flexibility index (Phi) is 5.64. The quantitative estimate of drug-likeness (QED) is 0.448. The van der Waals surface area contributed by atoms with Gasteiger partial charge < -0.3 is 11.1 Å². The number of pyridine rings is 1. The second-order valence-corrected chi connectivity index (χ2v) is 8.45. The maximum Gasteiger partial charge on any atom is 0.416 e. The van der Waals surface area contributed by atoms with Crippen LogP contribution in [-0.4, -0.2) is 43.8 Å². The molecule has 8 nitrogen and oxygen atoms in total. The van der Waals surface area contributed by atoms with E-state index in [2.05, 4.69) is 27.2 Å². The number of nitrogens with zero attached hydrogens (tertiary/aromatic N) is 5. The van der Waals surface area contributed by atoms with Gasteiger partial charge in [-0.1, -0.05) is 12.1 Å². The van der Waals surface area contributed by atoms with Crippen molar-refractivity contribution in [3.8, 4) is 11.3 Å². The molecule has 4 aromatic rings. The molecule has 1 atom stereocenters. The largest absolute Gasteiger partial charge is 0.416 e. The minimum absolute atomic E-state index is 0.156. The number of benzene rings is 1. The molecule has 0 spiro atoms. The third-order valence-corrected chi connectivity index (χ3v) is 6.18. The maximum atomic E-state index is 12.9. The van der Waals surface area contributed by atoms with Gasteiger partial charge in [-0.15, -0.1) is 0 Å². The van der Waals surface area contributed by atoms with Gasteiger partial charge in [0.1, 0.15) is 28.7 Å². The number of likely N-dealkylation sites (tertiary alicyclic amines) is 1. The number of aromatic nitrogens is 4. The third-order valence-electron chi connectivity index (χ3n) is 6.18. The summed E-state index contributed by atoms with van der Waals surface area (Å²) in [6.07, 6.45) is 2.02. The molecular formula is C24H22F3N7O. The van der Waals surface area contributed by atoms with Crippen molar-refractivity contribution in [2.75, 3.05) is 24.6 Å². The summed E-state index contributed by atoms with van der Waals surface area (Å²) in [4.78, 5) is 27.8. The summed E-state index contributed by atoms with van der Waals surface area (Å²) in [5.41, 5.74) is 7.66. The van der Waals surface area contributed by atoms with Gasteiger partial charge in [0.15, 0.2) is 0 Å². The molecule has 1 aliphatic heterocycles. The summed E-state index contributed by atoms with van der Waals surface area (Å²) in [6, 6.07) is 8.41. The van der Waals surface area contributed by atoms with Crippen molar-refractivity contribution >= 4 is 23.1 Å². The lowest BCUT2D eigenvalue weighted by molar-refractivity contribution is -0.137. The molecule has 1 unspecified atom stereocenters. The maximum absolute atomic E-state index is 12.9. The molecule has 1 aliphatic rings. The van der Waals surface area contributed by atoms with Gasteiger partial charge >= 0.3 is 6.18 Å². The zero-order valence-electron chi connectivity index (χ0n) is 18.8. The highest BCUT2D eigenvalue weighted by Gasteiger charge is 2.31. The molecule has 1 saturated heterocycles. The Bertz CT molecular complexity index is 1400. The van der Waals surface area contributed by atoms with E-state index in [1.165, 1.54) is 0 Å². The van der Waals surface area contributed by atoms with Crippen LogP contribution >= 0.6 is 0 Å². The van der Waals surface area contributed by atoms with Crippen LogP contribution in [0.4, 0.5) is 24.8 Å². The fourth-order valence-corrected chi connectivity index (χ4v) is 4.40. The van der Waals surface area contributed by atoms with Crippen molar-refractivity contribution in [2.45, 2.75) is 25.1 Å². The number of halogens is 3. The fraction of sp³-hybridized carbons (Fsp3) is 0.250. The molecule has 0 saturated carbocycles. The van der Waals surface area contributed by atoms with Crippen LogP contribution in [-0.2, 0) is 6.18 Å². The second-order valence-electron chi connectivity index (χ2n) is 8.45. The number of nitrogen functional groups attached to an aromatic ring is 1.